The molecule has 0 atom stereocenters. The van der Waals surface area contributed by atoms with E-state index in [0.29, 0.717) is 34.5 Å². The maximum absolute atomic E-state index is 12.7. The average molecular weight is 424 g/mol. The van der Waals surface area contributed by atoms with Gasteiger partial charge in [0.2, 0.25) is 0 Å². The predicted molar refractivity (Wildman–Crippen MR) is 122 cm³/mol. The minimum Gasteiger partial charge on any atom is -0.496 e. The lowest BCUT2D eigenvalue weighted by Gasteiger charge is -2.16. The monoisotopic (exact) mass is 423 g/mol. The highest BCUT2D eigenvalue weighted by molar-refractivity contribution is 6.31. The van der Waals surface area contributed by atoms with E-state index in [0.717, 1.165) is 22.4 Å². The number of nitrogens with one attached hydrogen (secondary N) is 1. The fourth-order valence-corrected chi connectivity index (χ4v) is 3.33. The molecule has 1 amide bonds. The van der Waals surface area contributed by atoms with Crippen molar-refractivity contribution in [1.82, 2.24) is 0 Å². The average Bonchev–Trinajstić information content (AvgIpc) is 2.74. The lowest BCUT2D eigenvalue weighted by molar-refractivity contribution is 0.102. The standard InChI is InChI=1S/C25H26ClNO3/c1-16(2)21-7-5-6-8-24(21)30-15-19-13-18(10-12-23(19)29-4)25(28)27-20-11-9-17(3)22(26)14-20/h5-14,16H,15H2,1-4H3,(H,27,28). The fraction of sp³-hybridized carbons (Fsp3) is 0.240. The molecule has 0 aliphatic carbocycles. The topological polar surface area (TPSA) is 47.6 Å². The van der Waals surface area contributed by atoms with Gasteiger partial charge in [-0.15, -0.1) is 0 Å². The van der Waals surface area contributed by atoms with E-state index in [4.69, 9.17) is 21.1 Å². The van der Waals surface area contributed by atoms with Crippen LogP contribution in [-0.2, 0) is 6.61 Å². The Bertz CT molecular complexity index is 1050. The van der Waals surface area contributed by atoms with Gasteiger partial charge in [0, 0.05) is 21.8 Å². The number of carbonyl (C=O) groups excluding carboxylic acids is 1. The first-order chi connectivity index (χ1) is 14.4. The third kappa shape index (κ3) is 5.14. The minimum atomic E-state index is -0.221. The van der Waals surface area contributed by atoms with Crippen LogP contribution in [0.25, 0.3) is 0 Å². The maximum atomic E-state index is 12.7. The molecule has 5 heteroatoms. The highest BCUT2D eigenvalue weighted by Crippen LogP contribution is 2.28. The van der Waals surface area contributed by atoms with Crippen molar-refractivity contribution >= 4 is 23.2 Å². The summed E-state index contributed by atoms with van der Waals surface area (Å²) in [5.74, 6) is 1.63. The van der Waals surface area contributed by atoms with Crippen LogP contribution in [0.4, 0.5) is 5.69 Å². The SMILES string of the molecule is COc1ccc(C(=O)Nc2ccc(C)c(Cl)c2)cc1COc1ccccc1C(C)C. The van der Waals surface area contributed by atoms with Crippen molar-refractivity contribution in [1.29, 1.82) is 0 Å². The number of ether oxygens (including phenoxy) is 2. The van der Waals surface area contributed by atoms with E-state index < -0.39 is 0 Å². The van der Waals surface area contributed by atoms with Crippen molar-refractivity contribution < 1.29 is 14.3 Å². The van der Waals surface area contributed by atoms with Gasteiger partial charge in [0.05, 0.1) is 7.11 Å². The fourth-order valence-electron chi connectivity index (χ4n) is 3.15. The van der Waals surface area contributed by atoms with Crippen LogP contribution in [0.2, 0.25) is 5.02 Å². The van der Waals surface area contributed by atoms with Crippen LogP contribution < -0.4 is 14.8 Å². The van der Waals surface area contributed by atoms with Crippen LogP contribution in [0, 0.1) is 6.92 Å². The van der Waals surface area contributed by atoms with Crippen molar-refractivity contribution in [2.45, 2.75) is 33.3 Å². The molecule has 0 bridgehead atoms. The lowest BCUT2D eigenvalue weighted by Crippen LogP contribution is -2.13. The van der Waals surface area contributed by atoms with E-state index in [1.165, 1.54) is 0 Å². The van der Waals surface area contributed by atoms with Crippen molar-refractivity contribution in [3.8, 4) is 11.5 Å². The Balaban J connectivity index is 1.79. The zero-order valence-electron chi connectivity index (χ0n) is 17.7. The molecular formula is C25H26ClNO3. The van der Waals surface area contributed by atoms with Gasteiger partial charge in [0.1, 0.15) is 18.1 Å². The number of para-hydroxylation sites is 1. The van der Waals surface area contributed by atoms with Crippen molar-refractivity contribution in [3.63, 3.8) is 0 Å². The molecule has 30 heavy (non-hydrogen) atoms. The van der Waals surface area contributed by atoms with Crippen LogP contribution in [-0.4, -0.2) is 13.0 Å². The van der Waals surface area contributed by atoms with Gasteiger partial charge in [-0.25, -0.2) is 0 Å². The molecule has 0 saturated carbocycles. The largest absolute Gasteiger partial charge is 0.496 e. The van der Waals surface area contributed by atoms with Crippen LogP contribution in [0.3, 0.4) is 0 Å². The molecule has 0 aliphatic rings. The first kappa shape index (κ1) is 21.7. The molecule has 3 rings (SSSR count). The molecule has 4 nitrogen and oxygen atoms in total. The Hall–Kier alpha value is -2.98. The van der Waals surface area contributed by atoms with E-state index in [9.17, 15) is 4.79 Å². The van der Waals surface area contributed by atoms with Gasteiger partial charge in [-0.3, -0.25) is 4.79 Å². The van der Waals surface area contributed by atoms with Gasteiger partial charge in [-0.1, -0.05) is 49.7 Å². The molecule has 0 radical (unpaired) electrons. The van der Waals surface area contributed by atoms with Gasteiger partial charge < -0.3 is 14.8 Å². The quantitative estimate of drug-likeness (QED) is 0.465. The zero-order chi connectivity index (χ0) is 21.7. The summed E-state index contributed by atoms with van der Waals surface area (Å²) in [6, 6.07) is 18.7. The van der Waals surface area contributed by atoms with E-state index in [1.807, 2.05) is 37.3 Å². The highest BCUT2D eigenvalue weighted by Gasteiger charge is 2.13. The molecule has 0 fully saturated rings. The van der Waals surface area contributed by atoms with E-state index in [-0.39, 0.29) is 5.91 Å². The Morgan fingerprint density at radius 2 is 1.80 bits per heavy atom. The van der Waals surface area contributed by atoms with Gasteiger partial charge in [-0.2, -0.15) is 0 Å². The number of hydrogen-bond donors (Lipinski definition) is 1. The number of rotatable bonds is 7. The number of anilines is 1. The Morgan fingerprint density at radius 1 is 1.03 bits per heavy atom. The van der Waals surface area contributed by atoms with Gasteiger partial charge in [0.25, 0.3) is 5.91 Å². The second-order valence-electron chi connectivity index (χ2n) is 7.43. The second kappa shape index (κ2) is 9.68. The third-order valence-electron chi connectivity index (χ3n) is 4.90. The molecule has 0 aliphatic heterocycles. The number of halogens is 1. The molecule has 0 unspecified atom stereocenters. The molecular weight excluding hydrogens is 398 g/mol. The van der Waals surface area contributed by atoms with E-state index in [1.54, 1.807) is 31.4 Å². The van der Waals surface area contributed by atoms with Gasteiger partial charge in [0.15, 0.2) is 0 Å². The molecule has 0 saturated heterocycles. The number of amides is 1. The van der Waals surface area contributed by atoms with Crippen molar-refractivity contribution in [2.75, 3.05) is 12.4 Å². The number of hydrogen-bond acceptors (Lipinski definition) is 3. The van der Waals surface area contributed by atoms with Gasteiger partial charge in [-0.05, 0) is 60.4 Å². The highest BCUT2D eigenvalue weighted by atomic mass is 35.5. The maximum Gasteiger partial charge on any atom is 0.255 e. The van der Waals surface area contributed by atoms with E-state index in [2.05, 4.69) is 25.2 Å². The predicted octanol–water partition coefficient (Wildman–Crippen LogP) is 6.61. The summed E-state index contributed by atoms with van der Waals surface area (Å²) in [6.07, 6.45) is 0. The van der Waals surface area contributed by atoms with Crippen LogP contribution in [0.15, 0.2) is 60.7 Å². The summed E-state index contributed by atoms with van der Waals surface area (Å²) in [5, 5.41) is 3.50. The Kier molecular flexibility index (Phi) is 7.01. The van der Waals surface area contributed by atoms with Crippen molar-refractivity contribution in [2.24, 2.45) is 0 Å². The van der Waals surface area contributed by atoms with Crippen LogP contribution in [0.5, 0.6) is 11.5 Å². The molecule has 0 aromatic heterocycles. The normalized spacial score (nSPS) is 10.7. The zero-order valence-corrected chi connectivity index (χ0v) is 18.4. The summed E-state index contributed by atoms with van der Waals surface area (Å²) in [4.78, 5) is 12.7. The number of carbonyl (C=O) groups is 1. The first-order valence-electron chi connectivity index (χ1n) is 9.85. The third-order valence-corrected chi connectivity index (χ3v) is 5.30. The smallest absolute Gasteiger partial charge is 0.255 e. The van der Waals surface area contributed by atoms with E-state index >= 15 is 0 Å². The number of aryl methyl sites for hydroxylation is 1. The molecule has 0 spiro atoms. The molecule has 3 aromatic carbocycles. The Morgan fingerprint density at radius 3 is 2.50 bits per heavy atom. The molecule has 3 aromatic rings. The van der Waals surface area contributed by atoms with Crippen LogP contribution >= 0.6 is 11.6 Å². The summed E-state index contributed by atoms with van der Waals surface area (Å²) in [5.41, 5.74) is 4.06. The summed E-state index contributed by atoms with van der Waals surface area (Å²) in [7, 11) is 1.61. The summed E-state index contributed by atoms with van der Waals surface area (Å²) >= 11 is 6.16. The first-order valence-corrected chi connectivity index (χ1v) is 10.2. The second-order valence-corrected chi connectivity index (χ2v) is 7.83. The molecule has 0 heterocycles. The lowest BCUT2D eigenvalue weighted by atomic mass is 10.0. The summed E-state index contributed by atoms with van der Waals surface area (Å²) in [6.45, 7) is 6.47. The number of benzene rings is 3. The van der Waals surface area contributed by atoms with Gasteiger partial charge >= 0.3 is 0 Å². The molecule has 156 valence electrons. The minimum absolute atomic E-state index is 0.221. The van der Waals surface area contributed by atoms with Crippen molar-refractivity contribution in [3.05, 3.63) is 87.9 Å². The summed E-state index contributed by atoms with van der Waals surface area (Å²) < 4.78 is 11.5. The number of methoxy groups -OCH3 is 1. The van der Waals surface area contributed by atoms with Crippen LogP contribution in [0.1, 0.15) is 46.8 Å². The Labute approximate surface area is 182 Å². The molecule has 1 N–H and O–H groups in total.